The van der Waals surface area contributed by atoms with Gasteiger partial charge < -0.3 is 10.5 Å². The third-order valence-electron chi connectivity index (χ3n) is 1.89. The van der Waals surface area contributed by atoms with Crippen LogP contribution in [0.15, 0.2) is 29.7 Å². The summed E-state index contributed by atoms with van der Waals surface area (Å²) in [7, 11) is 0. The summed E-state index contributed by atoms with van der Waals surface area (Å²) < 4.78 is 4.80. The van der Waals surface area contributed by atoms with Crippen molar-refractivity contribution in [2.75, 3.05) is 12.4 Å². The number of carbonyl (C=O) groups excluding carboxylic acids is 1. The van der Waals surface area contributed by atoms with E-state index in [4.69, 9.17) is 22.1 Å². The van der Waals surface area contributed by atoms with E-state index in [1.54, 1.807) is 24.5 Å². The lowest BCUT2D eigenvalue weighted by Crippen LogP contribution is -2.06. The molecule has 92 valence electrons. The number of nitrogens with two attached hydrogens (primary N) is 1. The van der Waals surface area contributed by atoms with Crippen LogP contribution < -0.4 is 5.73 Å². The van der Waals surface area contributed by atoms with Crippen LogP contribution in [0, 0.1) is 0 Å². The summed E-state index contributed by atoms with van der Waals surface area (Å²) in [5.74, 6) is 0.0277. The van der Waals surface area contributed by atoms with Crippen LogP contribution in [0.25, 0.3) is 5.70 Å². The number of halogens is 1. The Morgan fingerprint density at radius 1 is 1.47 bits per heavy atom. The first-order valence-electron chi connectivity index (χ1n) is 5.12. The fourth-order valence-electron chi connectivity index (χ4n) is 1.11. The van der Waals surface area contributed by atoms with E-state index >= 15 is 0 Å². The van der Waals surface area contributed by atoms with E-state index < -0.39 is 0 Å². The molecule has 0 atom stereocenters. The Labute approximate surface area is 110 Å². The van der Waals surface area contributed by atoms with Crippen molar-refractivity contribution >= 4 is 35.0 Å². The van der Waals surface area contributed by atoms with E-state index in [2.05, 4.69) is 0 Å². The zero-order valence-corrected chi connectivity index (χ0v) is 11.1. The number of carbonyl (C=O) groups is 1. The molecule has 0 spiro atoms. The van der Waals surface area contributed by atoms with Crippen molar-refractivity contribution in [2.45, 2.75) is 6.92 Å². The highest BCUT2D eigenvalue weighted by Crippen LogP contribution is 2.16. The number of esters is 1. The van der Waals surface area contributed by atoms with Crippen LogP contribution in [0.3, 0.4) is 0 Å². The molecule has 2 N–H and O–H groups in total. The van der Waals surface area contributed by atoms with Crippen molar-refractivity contribution in [2.24, 2.45) is 5.73 Å². The summed E-state index contributed by atoms with van der Waals surface area (Å²) in [6.07, 6.45) is 0. The number of rotatable bonds is 5. The Bertz CT molecular complexity index is 403. The fraction of sp³-hybridized carbons (Fsp3) is 0.250. The number of hydrogen-bond acceptors (Lipinski definition) is 4. The zero-order chi connectivity index (χ0) is 12.7. The van der Waals surface area contributed by atoms with Crippen molar-refractivity contribution in [1.29, 1.82) is 0 Å². The molecule has 17 heavy (non-hydrogen) atoms. The highest BCUT2D eigenvalue weighted by molar-refractivity contribution is 8.02. The summed E-state index contributed by atoms with van der Waals surface area (Å²) in [6.45, 7) is 2.18. The van der Waals surface area contributed by atoms with Gasteiger partial charge in [0.2, 0.25) is 0 Å². The standard InChI is InChI=1S/C12H14ClNO2S/c1-2-16-12(15)8-17-7-11(14)9-3-5-10(13)6-4-9/h3-7H,2,8,14H2,1H3/b11-7-. The molecular weight excluding hydrogens is 258 g/mol. The smallest absolute Gasteiger partial charge is 0.316 e. The molecule has 0 aliphatic heterocycles. The predicted molar refractivity (Wildman–Crippen MR) is 72.7 cm³/mol. The maximum atomic E-state index is 11.1. The minimum atomic E-state index is -0.238. The summed E-state index contributed by atoms with van der Waals surface area (Å²) in [5.41, 5.74) is 7.34. The number of ether oxygens (including phenoxy) is 1. The highest BCUT2D eigenvalue weighted by Gasteiger charge is 2.01. The van der Waals surface area contributed by atoms with Gasteiger partial charge in [0.05, 0.1) is 12.4 Å². The number of thioether (sulfide) groups is 1. The van der Waals surface area contributed by atoms with Crippen LogP contribution in [0.5, 0.6) is 0 Å². The van der Waals surface area contributed by atoms with E-state index in [9.17, 15) is 4.79 Å². The summed E-state index contributed by atoms with van der Waals surface area (Å²) in [6, 6.07) is 7.21. The van der Waals surface area contributed by atoms with Crippen LogP contribution in [-0.2, 0) is 9.53 Å². The maximum absolute atomic E-state index is 11.1. The van der Waals surface area contributed by atoms with Gasteiger partial charge in [0.25, 0.3) is 0 Å². The molecule has 0 heterocycles. The average molecular weight is 272 g/mol. The Morgan fingerprint density at radius 2 is 2.12 bits per heavy atom. The monoisotopic (exact) mass is 271 g/mol. The SMILES string of the molecule is CCOC(=O)CS/C=C(\N)c1ccc(Cl)cc1. The first-order chi connectivity index (χ1) is 8.13. The van der Waals surface area contributed by atoms with Gasteiger partial charge in [-0.05, 0) is 30.0 Å². The molecule has 1 rings (SSSR count). The largest absolute Gasteiger partial charge is 0.465 e. The quantitative estimate of drug-likeness (QED) is 0.837. The van der Waals surface area contributed by atoms with Crippen molar-refractivity contribution in [1.82, 2.24) is 0 Å². The lowest BCUT2D eigenvalue weighted by molar-refractivity contribution is -0.139. The van der Waals surface area contributed by atoms with Gasteiger partial charge in [-0.25, -0.2) is 0 Å². The Hall–Kier alpha value is -1.13. The second-order valence-electron chi connectivity index (χ2n) is 3.20. The molecule has 5 heteroatoms. The Kier molecular flexibility index (Phi) is 5.94. The van der Waals surface area contributed by atoms with Crippen LogP contribution in [0.4, 0.5) is 0 Å². The molecule has 0 aliphatic rings. The van der Waals surface area contributed by atoms with Gasteiger partial charge in [-0.3, -0.25) is 4.79 Å². The topological polar surface area (TPSA) is 52.3 Å². The summed E-state index contributed by atoms with van der Waals surface area (Å²) >= 11 is 7.08. The van der Waals surface area contributed by atoms with Gasteiger partial charge in [-0.15, -0.1) is 11.8 Å². The second kappa shape index (κ2) is 7.25. The van der Waals surface area contributed by atoms with Gasteiger partial charge in [-0.2, -0.15) is 0 Å². The number of hydrogen-bond donors (Lipinski definition) is 1. The Morgan fingerprint density at radius 3 is 2.71 bits per heavy atom. The summed E-state index contributed by atoms with van der Waals surface area (Å²) in [4.78, 5) is 11.1. The average Bonchev–Trinajstić information content (AvgIpc) is 2.30. The van der Waals surface area contributed by atoms with E-state index in [-0.39, 0.29) is 11.7 Å². The van der Waals surface area contributed by atoms with Crippen LogP contribution in [0.2, 0.25) is 5.02 Å². The van der Waals surface area contributed by atoms with E-state index in [1.165, 1.54) is 11.8 Å². The predicted octanol–water partition coefficient (Wildman–Crippen LogP) is 2.89. The van der Waals surface area contributed by atoms with Crippen molar-refractivity contribution < 1.29 is 9.53 Å². The minimum Gasteiger partial charge on any atom is -0.465 e. The van der Waals surface area contributed by atoms with Gasteiger partial charge in [0.1, 0.15) is 0 Å². The van der Waals surface area contributed by atoms with Crippen molar-refractivity contribution in [3.05, 3.63) is 40.3 Å². The number of benzene rings is 1. The molecule has 0 aliphatic carbocycles. The van der Waals surface area contributed by atoms with E-state index in [0.717, 1.165) is 5.56 Å². The van der Waals surface area contributed by atoms with Crippen LogP contribution in [0.1, 0.15) is 12.5 Å². The highest BCUT2D eigenvalue weighted by atomic mass is 35.5. The molecular formula is C12H14ClNO2S. The third-order valence-corrected chi connectivity index (χ3v) is 2.97. The van der Waals surface area contributed by atoms with Gasteiger partial charge in [0.15, 0.2) is 0 Å². The molecule has 0 bridgehead atoms. The molecule has 0 radical (unpaired) electrons. The Balaban J connectivity index is 2.49. The molecule has 0 aromatic heterocycles. The van der Waals surface area contributed by atoms with Gasteiger partial charge in [-0.1, -0.05) is 23.7 Å². The van der Waals surface area contributed by atoms with Crippen molar-refractivity contribution in [3.8, 4) is 0 Å². The lowest BCUT2D eigenvalue weighted by atomic mass is 10.2. The van der Waals surface area contributed by atoms with Gasteiger partial charge in [0, 0.05) is 10.7 Å². The minimum absolute atomic E-state index is 0.238. The van der Waals surface area contributed by atoms with E-state index in [1.807, 2.05) is 12.1 Å². The second-order valence-corrected chi connectivity index (χ2v) is 4.49. The molecule has 1 aromatic carbocycles. The van der Waals surface area contributed by atoms with Crippen LogP contribution in [-0.4, -0.2) is 18.3 Å². The normalized spacial score (nSPS) is 11.3. The molecule has 0 fully saturated rings. The van der Waals surface area contributed by atoms with Crippen LogP contribution >= 0.6 is 23.4 Å². The molecule has 0 saturated carbocycles. The first-order valence-corrected chi connectivity index (χ1v) is 6.55. The van der Waals surface area contributed by atoms with Crippen molar-refractivity contribution in [3.63, 3.8) is 0 Å². The molecule has 1 aromatic rings. The van der Waals surface area contributed by atoms with E-state index in [0.29, 0.717) is 17.3 Å². The molecule has 0 unspecified atom stereocenters. The maximum Gasteiger partial charge on any atom is 0.316 e. The first kappa shape index (κ1) is 13.9. The van der Waals surface area contributed by atoms with Gasteiger partial charge >= 0.3 is 5.97 Å². The molecule has 3 nitrogen and oxygen atoms in total. The third kappa shape index (κ3) is 5.15. The lowest BCUT2D eigenvalue weighted by Gasteiger charge is -2.02. The fourth-order valence-corrected chi connectivity index (χ4v) is 1.86. The summed E-state index contributed by atoms with van der Waals surface area (Å²) in [5, 5.41) is 2.40. The zero-order valence-electron chi connectivity index (χ0n) is 9.48. The molecule has 0 amide bonds. The molecule has 0 saturated heterocycles.